The maximum absolute atomic E-state index is 12.1. The largest absolute Gasteiger partial charge is 0.467 e. The highest BCUT2D eigenvalue weighted by Gasteiger charge is 2.24. The summed E-state index contributed by atoms with van der Waals surface area (Å²) in [5.74, 6) is -1.79. The standard InChI is InChI=1S/C14H15N3O5/c1-9(8-15)6-12(14(19)22-2)16-13(18)10-4-3-5-11(7-10)17(20)21/h3-5,7,9,12H,6H2,1-2H3,(H,16,18)/t9-,12-/m0/s1. The van der Waals surface area contributed by atoms with Gasteiger partial charge in [-0.1, -0.05) is 6.07 Å². The van der Waals surface area contributed by atoms with Crippen LogP contribution in [0.4, 0.5) is 5.69 Å². The molecule has 0 bridgehead atoms. The lowest BCUT2D eigenvalue weighted by Crippen LogP contribution is -2.42. The molecule has 0 fully saturated rings. The topological polar surface area (TPSA) is 122 Å². The van der Waals surface area contributed by atoms with Crippen molar-refractivity contribution in [3.05, 3.63) is 39.9 Å². The van der Waals surface area contributed by atoms with Crippen LogP contribution in [-0.4, -0.2) is 30.0 Å². The van der Waals surface area contributed by atoms with Gasteiger partial charge in [0.15, 0.2) is 0 Å². The van der Waals surface area contributed by atoms with Crippen LogP contribution in [0.25, 0.3) is 0 Å². The lowest BCUT2D eigenvalue weighted by atomic mass is 10.0. The predicted octanol–water partition coefficient (Wildman–Crippen LogP) is 1.42. The van der Waals surface area contributed by atoms with E-state index in [4.69, 9.17) is 5.26 Å². The van der Waals surface area contributed by atoms with Crippen LogP contribution < -0.4 is 5.32 Å². The number of hydrogen-bond acceptors (Lipinski definition) is 6. The number of benzene rings is 1. The second-order valence-corrected chi connectivity index (χ2v) is 4.62. The van der Waals surface area contributed by atoms with Crippen LogP contribution in [-0.2, 0) is 9.53 Å². The zero-order valence-corrected chi connectivity index (χ0v) is 12.1. The molecule has 1 aromatic carbocycles. The number of carbonyl (C=O) groups is 2. The van der Waals surface area contributed by atoms with Crippen LogP contribution in [0.1, 0.15) is 23.7 Å². The van der Waals surface area contributed by atoms with E-state index in [0.717, 1.165) is 6.07 Å². The highest BCUT2D eigenvalue weighted by Crippen LogP contribution is 2.14. The number of nitro benzene ring substituents is 1. The second kappa shape index (κ2) is 7.73. The van der Waals surface area contributed by atoms with Crippen molar-refractivity contribution in [1.29, 1.82) is 5.26 Å². The lowest BCUT2D eigenvalue weighted by Gasteiger charge is -2.17. The Kier molecular flexibility index (Phi) is 6.01. The maximum atomic E-state index is 12.1. The van der Waals surface area contributed by atoms with E-state index in [2.05, 4.69) is 10.1 Å². The van der Waals surface area contributed by atoms with Gasteiger partial charge in [0.1, 0.15) is 6.04 Å². The van der Waals surface area contributed by atoms with Crippen molar-refractivity contribution in [2.24, 2.45) is 5.92 Å². The number of hydrogen-bond donors (Lipinski definition) is 1. The van der Waals surface area contributed by atoms with Gasteiger partial charge >= 0.3 is 5.97 Å². The first kappa shape index (κ1) is 17.1. The fourth-order valence-corrected chi connectivity index (χ4v) is 1.76. The van der Waals surface area contributed by atoms with Crippen molar-refractivity contribution in [3.8, 4) is 6.07 Å². The van der Waals surface area contributed by atoms with Gasteiger partial charge in [0.2, 0.25) is 0 Å². The number of nitrogens with one attached hydrogen (secondary N) is 1. The first-order valence-electron chi connectivity index (χ1n) is 6.41. The molecule has 0 aliphatic carbocycles. The van der Waals surface area contributed by atoms with E-state index in [1.165, 1.54) is 25.3 Å². The number of nitro groups is 1. The number of esters is 1. The van der Waals surface area contributed by atoms with Gasteiger partial charge in [-0.3, -0.25) is 14.9 Å². The Bertz CT molecular complexity index is 623. The number of nitrogens with zero attached hydrogens (tertiary/aromatic N) is 2. The zero-order chi connectivity index (χ0) is 16.7. The fraction of sp³-hybridized carbons (Fsp3) is 0.357. The van der Waals surface area contributed by atoms with Crippen molar-refractivity contribution < 1.29 is 19.2 Å². The molecule has 0 aliphatic rings. The van der Waals surface area contributed by atoms with E-state index in [-0.39, 0.29) is 17.7 Å². The SMILES string of the molecule is COC(=O)[C@H](C[C@H](C)C#N)NC(=O)c1cccc([N+](=O)[O-])c1. The van der Waals surface area contributed by atoms with Crippen LogP contribution in [0.2, 0.25) is 0 Å². The molecular formula is C14H15N3O5. The van der Waals surface area contributed by atoms with Crippen molar-refractivity contribution in [3.63, 3.8) is 0 Å². The molecule has 0 heterocycles. The Morgan fingerprint density at radius 3 is 2.73 bits per heavy atom. The Labute approximate surface area is 126 Å². The number of methoxy groups -OCH3 is 1. The fourth-order valence-electron chi connectivity index (χ4n) is 1.76. The van der Waals surface area contributed by atoms with Crippen molar-refractivity contribution in [1.82, 2.24) is 5.32 Å². The van der Waals surface area contributed by atoms with E-state index in [9.17, 15) is 19.7 Å². The molecule has 2 atom stereocenters. The smallest absolute Gasteiger partial charge is 0.328 e. The average Bonchev–Trinajstić information content (AvgIpc) is 2.53. The predicted molar refractivity (Wildman–Crippen MR) is 75.8 cm³/mol. The first-order chi connectivity index (χ1) is 10.4. The molecule has 0 aliphatic heterocycles. The Morgan fingerprint density at radius 1 is 1.50 bits per heavy atom. The van der Waals surface area contributed by atoms with Crippen LogP contribution in [0.3, 0.4) is 0 Å². The van der Waals surface area contributed by atoms with Gasteiger partial charge in [-0.25, -0.2) is 4.79 Å². The molecular weight excluding hydrogens is 290 g/mol. The van der Waals surface area contributed by atoms with E-state index < -0.39 is 28.8 Å². The maximum Gasteiger partial charge on any atom is 0.328 e. The molecule has 8 heteroatoms. The molecule has 0 aromatic heterocycles. The molecule has 1 N–H and O–H groups in total. The van der Waals surface area contributed by atoms with Gasteiger partial charge in [0.05, 0.1) is 18.1 Å². The summed E-state index contributed by atoms with van der Waals surface area (Å²) in [7, 11) is 1.17. The molecule has 8 nitrogen and oxygen atoms in total. The van der Waals surface area contributed by atoms with Crippen molar-refractivity contribution in [2.45, 2.75) is 19.4 Å². The Balaban J connectivity index is 2.91. The van der Waals surface area contributed by atoms with Gasteiger partial charge < -0.3 is 10.1 Å². The molecule has 0 radical (unpaired) electrons. The minimum atomic E-state index is -0.994. The van der Waals surface area contributed by atoms with Gasteiger partial charge in [-0.05, 0) is 19.4 Å². The number of nitriles is 1. The van der Waals surface area contributed by atoms with E-state index >= 15 is 0 Å². The van der Waals surface area contributed by atoms with Crippen molar-refractivity contribution in [2.75, 3.05) is 7.11 Å². The lowest BCUT2D eigenvalue weighted by molar-refractivity contribution is -0.384. The summed E-state index contributed by atoms with van der Waals surface area (Å²) in [5.41, 5.74) is -0.180. The summed E-state index contributed by atoms with van der Waals surface area (Å²) in [6.45, 7) is 1.61. The molecule has 1 amide bonds. The van der Waals surface area contributed by atoms with Crippen molar-refractivity contribution >= 4 is 17.6 Å². The number of carbonyl (C=O) groups excluding carboxylic acids is 2. The monoisotopic (exact) mass is 305 g/mol. The number of ether oxygens (including phenoxy) is 1. The zero-order valence-electron chi connectivity index (χ0n) is 12.1. The molecule has 22 heavy (non-hydrogen) atoms. The summed E-state index contributed by atoms with van der Waals surface area (Å²) < 4.78 is 4.59. The van der Waals surface area contributed by atoms with Crippen LogP contribution in [0.5, 0.6) is 0 Å². The summed E-state index contributed by atoms with van der Waals surface area (Å²) in [5, 5.41) is 21.9. The van der Waals surface area contributed by atoms with Crippen LogP contribution >= 0.6 is 0 Å². The first-order valence-corrected chi connectivity index (χ1v) is 6.41. The molecule has 116 valence electrons. The van der Waals surface area contributed by atoms with E-state index in [0.29, 0.717) is 0 Å². The quantitative estimate of drug-likeness (QED) is 0.481. The number of amides is 1. The third-order valence-electron chi connectivity index (χ3n) is 2.92. The molecule has 1 rings (SSSR count). The third-order valence-corrected chi connectivity index (χ3v) is 2.92. The summed E-state index contributed by atoms with van der Waals surface area (Å²) in [6, 6.07) is 6.10. The van der Waals surface area contributed by atoms with Gasteiger partial charge in [-0.15, -0.1) is 0 Å². The Hall–Kier alpha value is -2.95. The average molecular weight is 305 g/mol. The van der Waals surface area contributed by atoms with Gasteiger partial charge in [-0.2, -0.15) is 5.26 Å². The third kappa shape index (κ3) is 4.56. The highest BCUT2D eigenvalue weighted by molar-refractivity contribution is 5.97. The van der Waals surface area contributed by atoms with Gasteiger partial charge in [0, 0.05) is 23.6 Å². The Morgan fingerprint density at radius 2 is 2.18 bits per heavy atom. The molecule has 0 spiro atoms. The highest BCUT2D eigenvalue weighted by atomic mass is 16.6. The normalized spacial score (nSPS) is 12.6. The molecule has 0 unspecified atom stereocenters. The number of non-ortho nitro benzene ring substituents is 1. The van der Waals surface area contributed by atoms with Crippen LogP contribution in [0, 0.1) is 27.4 Å². The summed E-state index contributed by atoms with van der Waals surface area (Å²) in [6.07, 6.45) is 0.0871. The molecule has 1 aromatic rings. The number of rotatable bonds is 6. The second-order valence-electron chi connectivity index (χ2n) is 4.62. The minimum Gasteiger partial charge on any atom is -0.467 e. The van der Waals surface area contributed by atoms with Crippen LogP contribution in [0.15, 0.2) is 24.3 Å². The molecule has 0 saturated carbocycles. The summed E-state index contributed by atoms with van der Waals surface area (Å²) in [4.78, 5) is 33.8. The van der Waals surface area contributed by atoms with E-state index in [1.54, 1.807) is 6.92 Å². The van der Waals surface area contributed by atoms with E-state index in [1.807, 2.05) is 6.07 Å². The summed E-state index contributed by atoms with van der Waals surface area (Å²) >= 11 is 0. The van der Waals surface area contributed by atoms with Gasteiger partial charge in [0.25, 0.3) is 11.6 Å². The molecule has 0 saturated heterocycles. The minimum absolute atomic E-state index is 0.0488.